The van der Waals surface area contributed by atoms with Crippen molar-refractivity contribution in [3.05, 3.63) is 59.4 Å². The van der Waals surface area contributed by atoms with E-state index in [0.29, 0.717) is 34.4 Å². The van der Waals surface area contributed by atoms with Gasteiger partial charge in [0, 0.05) is 11.3 Å². The quantitative estimate of drug-likeness (QED) is 0.715. The van der Waals surface area contributed by atoms with E-state index in [1.807, 2.05) is 6.92 Å². The van der Waals surface area contributed by atoms with Crippen molar-refractivity contribution in [2.24, 2.45) is 0 Å². The number of nitrogens with one attached hydrogen (secondary N) is 1. The average Bonchev–Trinajstić information content (AvgIpc) is 3.18. The van der Waals surface area contributed by atoms with Crippen LogP contribution in [0.5, 0.6) is 11.5 Å². The molecule has 1 amide bonds. The molecular weight excluding hydrogens is 356 g/mol. The fourth-order valence-electron chi connectivity index (χ4n) is 2.37. The highest BCUT2D eigenvalue weighted by Gasteiger charge is 2.16. The number of hydrogen-bond donors (Lipinski definition) is 1. The molecule has 0 aliphatic carbocycles. The van der Waals surface area contributed by atoms with Crippen LogP contribution in [0.25, 0.3) is 5.69 Å². The lowest BCUT2D eigenvalue weighted by Gasteiger charge is -2.13. The summed E-state index contributed by atoms with van der Waals surface area (Å²) in [5.74, 6) is 0.520. The third kappa shape index (κ3) is 3.78. The topological polar surface area (TPSA) is 78.3 Å². The number of anilines is 1. The Morgan fingerprint density at radius 3 is 2.50 bits per heavy atom. The highest BCUT2D eigenvalue weighted by Crippen LogP contribution is 2.36. The summed E-state index contributed by atoms with van der Waals surface area (Å²) in [6.45, 7) is 2.29. The number of benzene rings is 2. The Bertz CT molecular complexity index is 896. The Hall–Kier alpha value is -3.06. The minimum absolute atomic E-state index is 0.307. The number of carbonyl (C=O) groups is 1. The van der Waals surface area contributed by atoms with E-state index in [1.165, 1.54) is 11.9 Å². The van der Waals surface area contributed by atoms with Gasteiger partial charge >= 0.3 is 0 Å². The van der Waals surface area contributed by atoms with Gasteiger partial charge in [-0.25, -0.2) is 0 Å². The van der Waals surface area contributed by atoms with E-state index in [4.69, 9.17) is 21.1 Å². The zero-order valence-electron chi connectivity index (χ0n) is 14.3. The molecule has 0 atom stereocenters. The smallest absolute Gasteiger partial charge is 0.255 e. The number of amides is 1. The number of hydrogen-bond acceptors (Lipinski definition) is 5. The third-order valence-electron chi connectivity index (χ3n) is 3.56. The normalized spacial score (nSPS) is 10.4. The Kier molecular flexibility index (Phi) is 5.38. The first-order chi connectivity index (χ1) is 12.6. The summed E-state index contributed by atoms with van der Waals surface area (Å²) < 4.78 is 10.7. The second kappa shape index (κ2) is 7.88. The highest BCUT2D eigenvalue weighted by atomic mass is 35.5. The van der Waals surface area contributed by atoms with E-state index in [1.54, 1.807) is 48.8 Å². The molecule has 3 rings (SSSR count). The Balaban J connectivity index is 1.78. The maximum atomic E-state index is 12.5. The summed E-state index contributed by atoms with van der Waals surface area (Å²) in [5, 5.41) is 11.2. The fourth-order valence-corrected chi connectivity index (χ4v) is 2.63. The molecule has 7 nitrogen and oxygen atoms in total. The second-order valence-corrected chi connectivity index (χ2v) is 5.65. The van der Waals surface area contributed by atoms with Crippen LogP contribution in [0, 0.1) is 0 Å². The lowest BCUT2D eigenvalue weighted by molar-refractivity contribution is 0.102. The number of aromatic nitrogens is 3. The van der Waals surface area contributed by atoms with Crippen molar-refractivity contribution >= 4 is 23.2 Å². The van der Waals surface area contributed by atoms with Gasteiger partial charge in [0.1, 0.15) is 0 Å². The van der Waals surface area contributed by atoms with Crippen molar-refractivity contribution in [3.63, 3.8) is 0 Å². The van der Waals surface area contributed by atoms with Crippen molar-refractivity contribution in [3.8, 4) is 17.2 Å². The van der Waals surface area contributed by atoms with Gasteiger partial charge in [0.2, 0.25) is 0 Å². The monoisotopic (exact) mass is 372 g/mol. The molecule has 0 spiro atoms. The molecule has 0 unspecified atom stereocenters. The summed E-state index contributed by atoms with van der Waals surface area (Å²) in [6, 6.07) is 10.3. The first-order valence-corrected chi connectivity index (χ1v) is 8.28. The van der Waals surface area contributed by atoms with Crippen molar-refractivity contribution in [1.82, 2.24) is 15.0 Å². The van der Waals surface area contributed by atoms with Crippen LogP contribution in [-0.2, 0) is 0 Å². The number of ether oxygens (including phenoxy) is 2. The van der Waals surface area contributed by atoms with Gasteiger partial charge in [0.05, 0.1) is 36.8 Å². The highest BCUT2D eigenvalue weighted by molar-refractivity contribution is 6.32. The zero-order valence-corrected chi connectivity index (χ0v) is 15.0. The standard InChI is InChI=1S/C18H17ClN4O3/c1-3-26-17-15(19)10-12(11-16(17)25-2)18(24)22-13-4-6-14(7-5-13)23-20-8-9-21-23/h4-11H,3H2,1-2H3,(H,22,24). The molecule has 0 saturated heterocycles. The summed E-state index contributed by atoms with van der Waals surface area (Å²) in [6.07, 6.45) is 3.19. The van der Waals surface area contributed by atoms with E-state index in [0.717, 1.165) is 5.69 Å². The predicted octanol–water partition coefficient (Wildman–Crippen LogP) is 3.58. The third-order valence-corrected chi connectivity index (χ3v) is 3.84. The molecular formula is C18H17ClN4O3. The molecule has 8 heteroatoms. The number of rotatable bonds is 6. The lowest BCUT2D eigenvalue weighted by atomic mass is 10.1. The largest absolute Gasteiger partial charge is 0.493 e. The van der Waals surface area contributed by atoms with Gasteiger partial charge in [0.15, 0.2) is 11.5 Å². The first kappa shape index (κ1) is 17.8. The maximum Gasteiger partial charge on any atom is 0.255 e. The SMILES string of the molecule is CCOc1c(Cl)cc(C(=O)Nc2ccc(-n3nccn3)cc2)cc1OC. The van der Waals surface area contributed by atoms with Gasteiger partial charge in [-0.2, -0.15) is 15.0 Å². The van der Waals surface area contributed by atoms with Crippen molar-refractivity contribution in [2.45, 2.75) is 6.92 Å². The summed E-state index contributed by atoms with van der Waals surface area (Å²) in [4.78, 5) is 14.0. The Morgan fingerprint density at radius 1 is 1.19 bits per heavy atom. The molecule has 0 radical (unpaired) electrons. The molecule has 2 aromatic carbocycles. The minimum atomic E-state index is -0.307. The van der Waals surface area contributed by atoms with Crippen LogP contribution in [0.3, 0.4) is 0 Å². The number of nitrogens with zero attached hydrogens (tertiary/aromatic N) is 3. The molecule has 1 aromatic heterocycles. The molecule has 0 aliphatic rings. The van der Waals surface area contributed by atoms with Crippen LogP contribution < -0.4 is 14.8 Å². The molecule has 0 aliphatic heterocycles. The molecule has 0 saturated carbocycles. The van der Waals surface area contributed by atoms with Crippen LogP contribution in [0.1, 0.15) is 17.3 Å². The predicted molar refractivity (Wildman–Crippen MR) is 98.5 cm³/mol. The molecule has 26 heavy (non-hydrogen) atoms. The average molecular weight is 373 g/mol. The number of halogens is 1. The van der Waals surface area contributed by atoms with E-state index in [9.17, 15) is 4.79 Å². The maximum absolute atomic E-state index is 12.5. The molecule has 134 valence electrons. The van der Waals surface area contributed by atoms with Gasteiger partial charge in [0.25, 0.3) is 5.91 Å². The summed E-state index contributed by atoms with van der Waals surface area (Å²) in [7, 11) is 1.50. The first-order valence-electron chi connectivity index (χ1n) is 7.90. The molecule has 0 bridgehead atoms. The minimum Gasteiger partial charge on any atom is -0.493 e. The molecule has 1 N–H and O–H groups in total. The van der Waals surface area contributed by atoms with E-state index in [-0.39, 0.29) is 5.91 Å². The Labute approximate surface area is 155 Å². The Morgan fingerprint density at radius 2 is 1.88 bits per heavy atom. The van der Waals surface area contributed by atoms with Gasteiger partial charge in [-0.05, 0) is 43.3 Å². The van der Waals surface area contributed by atoms with Crippen LogP contribution in [0.2, 0.25) is 5.02 Å². The molecule has 3 aromatic rings. The zero-order chi connectivity index (χ0) is 18.5. The van der Waals surface area contributed by atoms with Crippen LogP contribution in [-0.4, -0.2) is 34.6 Å². The van der Waals surface area contributed by atoms with Crippen LogP contribution in [0.4, 0.5) is 5.69 Å². The number of carbonyl (C=O) groups excluding carboxylic acids is 1. The molecule has 0 fully saturated rings. The van der Waals surface area contributed by atoms with Crippen molar-refractivity contribution < 1.29 is 14.3 Å². The van der Waals surface area contributed by atoms with E-state index in [2.05, 4.69) is 15.5 Å². The van der Waals surface area contributed by atoms with Gasteiger partial charge < -0.3 is 14.8 Å². The van der Waals surface area contributed by atoms with Crippen molar-refractivity contribution in [2.75, 3.05) is 19.0 Å². The van der Waals surface area contributed by atoms with Crippen LogP contribution >= 0.6 is 11.6 Å². The van der Waals surface area contributed by atoms with E-state index >= 15 is 0 Å². The van der Waals surface area contributed by atoms with Gasteiger partial charge in [-0.1, -0.05) is 11.6 Å². The second-order valence-electron chi connectivity index (χ2n) is 5.24. The van der Waals surface area contributed by atoms with Gasteiger partial charge in [-0.15, -0.1) is 0 Å². The summed E-state index contributed by atoms with van der Waals surface area (Å²) >= 11 is 6.22. The number of methoxy groups -OCH3 is 1. The fraction of sp³-hybridized carbons (Fsp3) is 0.167. The van der Waals surface area contributed by atoms with Crippen molar-refractivity contribution in [1.29, 1.82) is 0 Å². The lowest BCUT2D eigenvalue weighted by Crippen LogP contribution is -2.12. The van der Waals surface area contributed by atoms with Gasteiger partial charge in [-0.3, -0.25) is 4.79 Å². The summed E-state index contributed by atoms with van der Waals surface area (Å²) in [5.41, 5.74) is 1.79. The van der Waals surface area contributed by atoms with Crippen LogP contribution in [0.15, 0.2) is 48.8 Å². The van der Waals surface area contributed by atoms with E-state index < -0.39 is 0 Å². The molecule has 1 heterocycles.